The van der Waals surface area contributed by atoms with Crippen molar-refractivity contribution in [2.75, 3.05) is 6.54 Å². The van der Waals surface area contributed by atoms with Gasteiger partial charge in [-0.05, 0) is 37.8 Å². The van der Waals surface area contributed by atoms with Crippen LogP contribution < -0.4 is 5.56 Å². The molecule has 6 nitrogen and oxygen atoms in total. The monoisotopic (exact) mass is 298 g/mol. The number of nitrogens with one attached hydrogen (secondary N) is 1. The summed E-state index contributed by atoms with van der Waals surface area (Å²) in [4.78, 5) is 28.6. The number of H-pyrrole nitrogens is 1. The number of aryl methyl sites for hydroxylation is 1. The molecule has 0 aliphatic carbocycles. The summed E-state index contributed by atoms with van der Waals surface area (Å²) in [6.45, 7) is 2.53. The second-order valence-corrected chi connectivity index (χ2v) is 5.58. The quantitative estimate of drug-likeness (QED) is 0.917. The Morgan fingerprint density at radius 3 is 2.95 bits per heavy atom. The van der Waals surface area contributed by atoms with Crippen LogP contribution in [0.3, 0.4) is 0 Å². The minimum absolute atomic E-state index is 0.00780. The summed E-state index contributed by atoms with van der Waals surface area (Å²) in [5.74, 6) is -0.0334. The van der Waals surface area contributed by atoms with Crippen LogP contribution in [0.1, 0.15) is 46.9 Å². The second-order valence-electron chi connectivity index (χ2n) is 5.58. The van der Waals surface area contributed by atoms with Gasteiger partial charge in [-0.2, -0.15) is 10.2 Å². The zero-order valence-corrected chi connectivity index (χ0v) is 12.5. The maximum atomic E-state index is 12.8. The van der Waals surface area contributed by atoms with E-state index in [4.69, 9.17) is 0 Å². The van der Waals surface area contributed by atoms with E-state index in [2.05, 4.69) is 15.2 Å². The van der Waals surface area contributed by atoms with Crippen LogP contribution in [0.4, 0.5) is 0 Å². The van der Waals surface area contributed by atoms with E-state index >= 15 is 0 Å². The molecule has 0 aromatic carbocycles. The first-order valence-electron chi connectivity index (χ1n) is 7.44. The van der Waals surface area contributed by atoms with Gasteiger partial charge in [-0.25, -0.2) is 0 Å². The number of nitrogens with zero attached hydrogens (tertiary/aromatic N) is 3. The first-order valence-corrected chi connectivity index (χ1v) is 7.44. The Bertz CT molecular complexity index is 720. The lowest BCUT2D eigenvalue weighted by molar-refractivity contribution is 0.0610. The standard InChI is InChI=1S/C16H18N4O2/c1-11-8-13(10-18-19-11)16(22)20-7-3-2-4-14(20)12-5-6-15(21)17-9-12/h5-6,8-10,14H,2-4,7H2,1H3,(H,17,21). The molecule has 1 fully saturated rings. The van der Waals surface area contributed by atoms with Gasteiger partial charge in [-0.1, -0.05) is 6.07 Å². The van der Waals surface area contributed by atoms with Crippen molar-refractivity contribution in [3.05, 3.63) is 57.8 Å². The van der Waals surface area contributed by atoms with Crippen LogP contribution in [0.5, 0.6) is 0 Å². The van der Waals surface area contributed by atoms with Crippen LogP contribution in [0.25, 0.3) is 0 Å². The predicted octanol–water partition coefficient (Wildman–Crippen LogP) is 1.84. The largest absolute Gasteiger partial charge is 0.332 e. The lowest BCUT2D eigenvalue weighted by Gasteiger charge is -2.36. The fourth-order valence-electron chi connectivity index (χ4n) is 2.91. The number of aromatic amines is 1. The maximum Gasteiger partial charge on any atom is 0.256 e. The van der Waals surface area contributed by atoms with Gasteiger partial charge >= 0.3 is 0 Å². The van der Waals surface area contributed by atoms with Crippen LogP contribution in [-0.4, -0.2) is 32.5 Å². The third kappa shape index (κ3) is 2.90. The Kier molecular flexibility index (Phi) is 4.00. The number of aromatic nitrogens is 3. The molecular formula is C16H18N4O2. The van der Waals surface area contributed by atoms with Gasteiger partial charge in [-0.15, -0.1) is 0 Å². The van der Waals surface area contributed by atoms with Crippen LogP contribution in [0.15, 0.2) is 35.4 Å². The SMILES string of the molecule is Cc1cc(C(=O)N2CCCCC2c2ccc(=O)[nH]c2)cnn1. The van der Waals surface area contributed by atoms with Gasteiger partial charge in [0.1, 0.15) is 0 Å². The molecular weight excluding hydrogens is 280 g/mol. The van der Waals surface area contributed by atoms with Gasteiger partial charge in [0.15, 0.2) is 0 Å². The average Bonchev–Trinajstić information content (AvgIpc) is 2.55. The number of pyridine rings is 1. The Morgan fingerprint density at radius 2 is 2.23 bits per heavy atom. The summed E-state index contributed by atoms with van der Waals surface area (Å²) >= 11 is 0. The van der Waals surface area contributed by atoms with E-state index in [0.29, 0.717) is 12.1 Å². The van der Waals surface area contributed by atoms with E-state index in [1.807, 2.05) is 11.8 Å². The molecule has 1 N–H and O–H groups in total. The molecule has 1 amide bonds. The summed E-state index contributed by atoms with van der Waals surface area (Å²) in [6, 6.07) is 5.05. The number of amides is 1. The van der Waals surface area contributed by atoms with Gasteiger partial charge in [0, 0.05) is 18.8 Å². The fourth-order valence-corrected chi connectivity index (χ4v) is 2.91. The van der Waals surface area contributed by atoms with Crippen molar-refractivity contribution in [1.82, 2.24) is 20.1 Å². The molecule has 2 aromatic heterocycles. The Balaban J connectivity index is 1.90. The van der Waals surface area contributed by atoms with Gasteiger partial charge in [0.05, 0.1) is 23.5 Å². The highest BCUT2D eigenvalue weighted by Crippen LogP contribution is 2.31. The van der Waals surface area contributed by atoms with Crippen molar-refractivity contribution in [1.29, 1.82) is 0 Å². The van der Waals surface area contributed by atoms with Gasteiger partial charge in [-0.3, -0.25) is 9.59 Å². The molecule has 1 aliphatic heterocycles. The molecule has 0 bridgehead atoms. The molecule has 0 saturated carbocycles. The highest BCUT2D eigenvalue weighted by atomic mass is 16.2. The summed E-state index contributed by atoms with van der Waals surface area (Å²) in [5, 5.41) is 7.76. The Hall–Kier alpha value is -2.50. The minimum Gasteiger partial charge on any atom is -0.332 e. The minimum atomic E-state index is -0.133. The number of hydrogen-bond acceptors (Lipinski definition) is 4. The fraction of sp³-hybridized carbons (Fsp3) is 0.375. The third-order valence-electron chi connectivity index (χ3n) is 3.98. The molecule has 2 aromatic rings. The molecule has 1 atom stereocenters. The first kappa shape index (κ1) is 14.4. The first-order chi connectivity index (χ1) is 10.6. The number of likely N-dealkylation sites (tertiary alicyclic amines) is 1. The maximum absolute atomic E-state index is 12.8. The molecule has 0 spiro atoms. The molecule has 1 saturated heterocycles. The van der Waals surface area contributed by atoms with Gasteiger partial charge < -0.3 is 9.88 Å². The highest BCUT2D eigenvalue weighted by molar-refractivity contribution is 5.94. The van der Waals surface area contributed by atoms with Crippen molar-refractivity contribution >= 4 is 5.91 Å². The van der Waals surface area contributed by atoms with Gasteiger partial charge in [0.25, 0.3) is 5.91 Å². The third-order valence-corrected chi connectivity index (χ3v) is 3.98. The van der Waals surface area contributed by atoms with Crippen molar-refractivity contribution in [2.24, 2.45) is 0 Å². The van der Waals surface area contributed by atoms with E-state index in [-0.39, 0.29) is 17.5 Å². The number of piperidine rings is 1. The van der Waals surface area contributed by atoms with Crippen LogP contribution in [0, 0.1) is 6.92 Å². The summed E-state index contributed by atoms with van der Waals surface area (Å²) in [6.07, 6.45) is 6.17. The Morgan fingerprint density at radius 1 is 1.36 bits per heavy atom. The molecule has 22 heavy (non-hydrogen) atoms. The molecule has 3 rings (SSSR count). The smallest absolute Gasteiger partial charge is 0.256 e. The topological polar surface area (TPSA) is 79.0 Å². The van der Waals surface area contributed by atoms with Crippen molar-refractivity contribution < 1.29 is 4.79 Å². The zero-order valence-electron chi connectivity index (χ0n) is 12.5. The molecule has 114 valence electrons. The van der Waals surface area contributed by atoms with E-state index in [1.54, 1.807) is 18.3 Å². The Labute approximate surface area is 128 Å². The molecule has 1 unspecified atom stereocenters. The highest BCUT2D eigenvalue weighted by Gasteiger charge is 2.29. The van der Waals surface area contributed by atoms with Crippen LogP contribution in [-0.2, 0) is 0 Å². The second kappa shape index (κ2) is 6.09. The molecule has 6 heteroatoms. The molecule has 0 radical (unpaired) electrons. The van der Waals surface area contributed by atoms with E-state index in [1.165, 1.54) is 12.3 Å². The van der Waals surface area contributed by atoms with Crippen molar-refractivity contribution in [3.8, 4) is 0 Å². The van der Waals surface area contributed by atoms with Crippen LogP contribution in [0.2, 0.25) is 0 Å². The molecule has 3 heterocycles. The number of hydrogen-bond donors (Lipinski definition) is 1. The lowest BCUT2D eigenvalue weighted by atomic mass is 9.95. The molecule has 1 aliphatic rings. The lowest BCUT2D eigenvalue weighted by Crippen LogP contribution is -2.38. The number of rotatable bonds is 2. The van der Waals surface area contributed by atoms with Gasteiger partial charge in [0.2, 0.25) is 5.56 Å². The number of carbonyl (C=O) groups excluding carboxylic acids is 1. The average molecular weight is 298 g/mol. The predicted molar refractivity (Wildman–Crippen MR) is 81.5 cm³/mol. The number of carbonyl (C=O) groups is 1. The summed E-state index contributed by atoms with van der Waals surface area (Å²) < 4.78 is 0. The van der Waals surface area contributed by atoms with E-state index in [9.17, 15) is 9.59 Å². The van der Waals surface area contributed by atoms with E-state index in [0.717, 1.165) is 30.5 Å². The van der Waals surface area contributed by atoms with Crippen molar-refractivity contribution in [2.45, 2.75) is 32.2 Å². The summed E-state index contributed by atoms with van der Waals surface area (Å²) in [7, 11) is 0. The van der Waals surface area contributed by atoms with Crippen molar-refractivity contribution in [3.63, 3.8) is 0 Å². The zero-order chi connectivity index (χ0) is 15.5. The summed E-state index contributed by atoms with van der Waals surface area (Å²) in [5.41, 5.74) is 2.12. The van der Waals surface area contributed by atoms with E-state index < -0.39 is 0 Å². The van der Waals surface area contributed by atoms with Crippen LogP contribution >= 0.6 is 0 Å². The normalized spacial score (nSPS) is 18.2.